The van der Waals surface area contributed by atoms with E-state index in [1.165, 1.54) is 65.2 Å². The Morgan fingerprint density at radius 3 is 2.06 bits per heavy atom. The zero-order valence-electron chi connectivity index (χ0n) is 28.0. The van der Waals surface area contributed by atoms with Gasteiger partial charge in [0.2, 0.25) is 0 Å². The molecule has 0 radical (unpaired) electrons. The number of nitrogens with zero attached hydrogens (tertiary/aromatic N) is 4. The largest absolute Gasteiger partial charge is 0.347 e. The molecule has 3 heterocycles. The van der Waals surface area contributed by atoms with Crippen molar-refractivity contribution in [2.24, 2.45) is 4.99 Å². The summed E-state index contributed by atoms with van der Waals surface area (Å²) in [6.07, 6.45) is -0.198. The zero-order valence-corrected chi connectivity index (χ0v) is 28.0. The van der Waals surface area contributed by atoms with Crippen LogP contribution in [-0.4, -0.2) is 21.9 Å². The van der Waals surface area contributed by atoms with Gasteiger partial charge in [-0.05, 0) is 76.1 Å². The maximum atomic E-state index is 5.47. The van der Waals surface area contributed by atoms with Crippen molar-refractivity contribution in [1.82, 2.24) is 9.13 Å². The molecular weight excluding hydrogens is 621 g/mol. The second kappa shape index (κ2) is 10.7. The fraction of sp³-hybridized carbons (Fsp3) is 0.0426. The molecule has 10 aromatic rings. The van der Waals surface area contributed by atoms with Crippen LogP contribution < -0.4 is 4.90 Å². The smallest absolute Gasteiger partial charge is 0.150 e. The van der Waals surface area contributed by atoms with Gasteiger partial charge >= 0.3 is 0 Å². The molecule has 4 heteroatoms. The first-order chi connectivity index (χ1) is 25.2. The quantitative estimate of drug-likeness (QED) is 0.186. The van der Waals surface area contributed by atoms with Crippen molar-refractivity contribution in [2.45, 2.75) is 6.17 Å². The lowest BCUT2D eigenvalue weighted by Crippen LogP contribution is -2.38. The van der Waals surface area contributed by atoms with Crippen molar-refractivity contribution >= 4 is 82.2 Å². The number of benzene rings is 8. The summed E-state index contributed by atoms with van der Waals surface area (Å²) in [4.78, 5) is 7.88. The average molecular weight is 653 g/mol. The van der Waals surface area contributed by atoms with Crippen molar-refractivity contribution in [3.05, 3.63) is 175 Å². The van der Waals surface area contributed by atoms with Crippen LogP contribution in [0.1, 0.15) is 11.7 Å². The van der Waals surface area contributed by atoms with Crippen LogP contribution in [0.25, 0.3) is 70.8 Å². The number of anilines is 1. The Bertz CT molecular complexity index is 3050. The van der Waals surface area contributed by atoms with Crippen molar-refractivity contribution in [3.63, 3.8) is 0 Å². The maximum absolute atomic E-state index is 5.47. The van der Waals surface area contributed by atoms with Crippen LogP contribution >= 0.6 is 0 Å². The van der Waals surface area contributed by atoms with Crippen LogP contribution in [0.3, 0.4) is 0 Å². The molecule has 4 nitrogen and oxygen atoms in total. The van der Waals surface area contributed by atoms with Crippen molar-refractivity contribution in [3.8, 4) is 5.69 Å². The minimum absolute atomic E-state index is 0.198. The van der Waals surface area contributed by atoms with Gasteiger partial charge in [-0.1, -0.05) is 115 Å². The molecule has 1 unspecified atom stereocenters. The number of hydrogen-bond acceptors (Lipinski definition) is 2. The van der Waals surface area contributed by atoms with Gasteiger partial charge in [0.1, 0.15) is 0 Å². The molecule has 1 aliphatic heterocycles. The van der Waals surface area contributed by atoms with Crippen LogP contribution in [0, 0.1) is 0 Å². The van der Waals surface area contributed by atoms with E-state index in [1.54, 1.807) is 0 Å². The Hall–Kier alpha value is -6.65. The minimum atomic E-state index is -0.198. The number of likely N-dealkylation sites (N-methyl/N-ethyl adjacent to an activating group) is 1. The normalized spacial score (nSPS) is 14.6. The minimum Gasteiger partial charge on any atom is -0.347 e. The summed E-state index contributed by atoms with van der Waals surface area (Å²) < 4.78 is 4.97. The van der Waals surface area contributed by atoms with Crippen molar-refractivity contribution in [2.75, 3.05) is 11.9 Å². The predicted octanol–water partition coefficient (Wildman–Crippen LogP) is 12.0. The second-order valence-corrected chi connectivity index (χ2v) is 13.7. The molecule has 51 heavy (non-hydrogen) atoms. The summed E-state index contributed by atoms with van der Waals surface area (Å²) in [6, 6.07) is 61.7. The molecule has 0 amide bonds. The second-order valence-electron chi connectivity index (χ2n) is 13.7. The Balaban J connectivity index is 1.27. The highest BCUT2D eigenvalue weighted by molar-refractivity contribution is 6.25. The highest BCUT2D eigenvalue weighted by Gasteiger charge is 2.33. The molecule has 8 aromatic carbocycles. The highest BCUT2D eigenvalue weighted by atomic mass is 15.3. The van der Waals surface area contributed by atoms with E-state index in [2.05, 4.69) is 191 Å². The van der Waals surface area contributed by atoms with Crippen molar-refractivity contribution in [1.29, 1.82) is 0 Å². The Labute approximate surface area is 294 Å². The zero-order chi connectivity index (χ0) is 33.6. The van der Waals surface area contributed by atoms with E-state index < -0.39 is 0 Å². The lowest BCUT2D eigenvalue weighted by Gasteiger charge is -2.37. The van der Waals surface area contributed by atoms with E-state index in [0.717, 1.165) is 28.3 Å². The predicted molar refractivity (Wildman–Crippen MR) is 215 cm³/mol. The molecule has 0 saturated carbocycles. The number of rotatable bonds is 3. The van der Waals surface area contributed by atoms with Crippen LogP contribution in [0.15, 0.2) is 175 Å². The molecule has 0 aliphatic carbocycles. The molecule has 2 aromatic heterocycles. The maximum Gasteiger partial charge on any atom is 0.150 e. The van der Waals surface area contributed by atoms with E-state index in [4.69, 9.17) is 4.99 Å². The van der Waals surface area contributed by atoms with Gasteiger partial charge in [0.05, 0.1) is 39.2 Å². The van der Waals surface area contributed by atoms with Gasteiger partial charge in [0.25, 0.3) is 0 Å². The molecule has 0 saturated heterocycles. The molecule has 0 fully saturated rings. The van der Waals surface area contributed by atoms with Crippen LogP contribution in [0.2, 0.25) is 0 Å². The monoisotopic (exact) mass is 652 g/mol. The number of fused-ring (bicyclic) bond motifs is 10. The van der Waals surface area contributed by atoms with Crippen LogP contribution in [0.4, 0.5) is 11.4 Å². The molecular formula is C47H32N4. The summed E-state index contributed by atoms with van der Waals surface area (Å²) in [7, 11) is 2.21. The lowest BCUT2D eigenvalue weighted by molar-refractivity contribution is 0.657. The molecule has 0 spiro atoms. The third-order valence-corrected chi connectivity index (χ3v) is 10.9. The molecule has 0 N–H and O–H groups in total. The van der Waals surface area contributed by atoms with Gasteiger partial charge in [-0.2, -0.15) is 0 Å². The molecule has 11 rings (SSSR count). The van der Waals surface area contributed by atoms with Crippen molar-refractivity contribution < 1.29 is 0 Å². The topological polar surface area (TPSA) is 25.5 Å². The third-order valence-electron chi connectivity index (χ3n) is 10.9. The van der Waals surface area contributed by atoms with Gasteiger partial charge < -0.3 is 14.0 Å². The first-order valence-corrected chi connectivity index (χ1v) is 17.6. The van der Waals surface area contributed by atoms with E-state index in [9.17, 15) is 0 Å². The Morgan fingerprint density at radius 1 is 0.471 bits per heavy atom. The van der Waals surface area contributed by atoms with E-state index >= 15 is 0 Å². The number of aliphatic imine (C=N–C) groups is 1. The van der Waals surface area contributed by atoms with E-state index in [1.807, 2.05) is 0 Å². The van der Waals surface area contributed by atoms with Gasteiger partial charge in [0.15, 0.2) is 6.17 Å². The number of para-hydroxylation sites is 4. The fourth-order valence-corrected chi connectivity index (χ4v) is 8.61. The standard InChI is InChI=1S/C47H32N4/c1-49-41-22-12-10-20-39(41)48-46(33-24-23-30-13-5-6-15-32(30)27-33)47(49)51-40-21-11-9-19-36(40)37-28-38-44(29-43(37)51)50(34-16-3-2-4-17-34)42-26-25-31-14-7-8-18-35(31)45(38)42/h2-29,47H,1H3. The van der Waals surface area contributed by atoms with E-state index in [0.29, 0.717) is 0 Å². The van der Waals surface area contributed by atoms with Gasteiger partial charge in [-0.25, -0.2) is 4.99 Å². The van der Waals surface area contributed by atoms with Crippen LogP contribution in [-0.2, 0) is 0 Å². The number of hydrogen-bond donors (Lipinski definition) is 0. The third kappa shape index (κ3) is 4.05. The summed E-state index contributed by atoms with van der Waals surface area (Å²) in [5.41, 5.74) is 10.2. The Morgan fingerprint density at radius 2 is 1.18 bits per heavy atom. The van der Waals surface area contributed by atoms with Gasteiger partial charge in [0, 0.05) is 39.8 Å². The van der Waals surface area contributed by atoms with E-state index in [-0.39, 0.29) is 6.17 Å². The average Bonchev–Trinajstić information content (AvgIpc) is 3.69. The van der Waals surface area contributed by atoms with Gasteiger partial charge in [-0.15, -0.1) is 0 Å². The van der Waals surface area contributed by atoms with Gasteiger partial charge in [-0.3, -0.25) is 0 Å². The summed E-state index contributed by atoms with van der Waals surface area (Å²) in [5.74, 6) is 0. The summed E-state index contributed by atoms with van der Waals surface area (Å²) >= 11 is 0. The lowest BCUT2D eigenvalue weighted by atomic mass is 9.99. The highest BCUT2D eigenvalue weighted by Crippen LogP contribution is 2.45. The summed E-state index contributed by atoms with van der Waals surface area (Å²) in [6.45, 7) is 0. The molecule has 0 bridgehead atoms. The summed E-state index contributed by atoms with van der Waals surface area (Å²) in [5, 5.41) is 9.97. The SMILES string of the molecule is CN1c2ccccc2N=C(c2ccc3ccccc3c2)C1n1c2ccccc2c2cc3c4c5ccccc5ccc4n(-c4ccccc4)c3cc21. The molecule has 1 atom stereocenters. The first kappa shape index (κ1) is 28.2. The fourth-order valence-electron chi connectivity index (χ4n) is 8.61. The van der Waals surface area contributed by atoms with Crippen LogP contribution in [0.5, 0.6) is 0 Å². The first-order valence-electron chi connectivity index (χ1n) is 17.6. The molecule has 240 valence electrons. The molecule has 1 aliphatic rings. The Kier molecular flexibility index (Phi) is 5.90. The number of aromatic nitrogens is 2.